The zero-order valence-electron chi connectivity index (χ0n) is 19.6. The predicted octanol–water partition coefficient (Wildman–Crippen LogP) is 5.60. The highest BCUT2D eigenvalue weighted by Gasteiger charge is 2.29. The molecule has 6 heteroatoms. The Kier molecular flexibility index (Phi) is 8.12. The second kappa shape index (κ2) is 11.4. The van der Waals surface area contributed by atoms with Crippen molar-refractivity contribution in [3.8, 4) is 0 Å². The molecule has 4 rings (SSSR count). The molecule has 0 bridgehead atoms. The third kappa shape index (κ3) is 7.26. The Morgan fingerprint density at radius 1 is 0.882 bits per heavy atom. The number of nitrogens with zero attached hydrogens (tertiary/aromatic N) is 2. The highest BCUT2D eigenvalue weighted by atomic mass is 32.1. The van der Waals surface area contributed by atoms with Gasteiger partial charge >= 0.3 is 0 Å². The lowest BCUT2D eigenvalue weighted by atomic mass is 10.1. The summed E-state index contributed by atoms with van der Waals surface area (Å²) in [6.45, 7) is 3.62. The van der Waals surface area contributed by atoms with Crippen molar-refractivity contribution in [3.63, 3.8) is 0 Å². The van der Waals surface area contributed by atoms with Gasteiger partial charge in [0, 0.05) is 29.3 Å². The molecule has 1 aliphatic carbocycles. The number of carbonyl (C=O) groups excluding carboxylic acids is 2. The Morgan fingerprint density at radius 3 is 2.26 bits per heavy atom. The first kappa shape index (κ1) is 24.1. The monoisotopic (exact) mass is 478 g/mol. The van der Waals surface area contributed by atoms with Crippen LogP contribution in [0.3, 0.4) is 0 Å². The third-order valence-corrected chi connectivity index (χ3v) is 7.09. The molecule has 1 aliphatic rings. The molecule has 2 amide bonds. The van der Waals surface area contributed by atoms with Crippen LogP contribution in [0.25, 0.3) is 0 Å². The second-order valence-corrected chi connectivity index (χ2v) is 10.5. The SMILES string of the molecule is Cc1ccc(CN(Cc2ccc(F)cc2)C(=O)CN(CC2CC2)C(=O)CCc2ccccc2)s1. The van der Waals surface area contributed by atoms with Crippen molar-refractivity contribution < 1.29 is 14.0 Å². The minimum Gasteiger partial charge on any atom is -0.333 e. The molecule has 34 heavy (non-hydrogen) atoms. The van der Waals surface area contributed by atoms with Gasteiger partial charge in [0.15, 0.2) is 0 Å². The van der Waals surface area contributed by atoms with Crippen molar-refractivity contribution >= 4 is 23.2 Å². The Morgan fingerprint density at radius 2 is 1.62 bits per heavy atom. The summed E-state index contributed by atoms with van der Waals surface area (Å²) in [5.41, 5.74) is 1.99. The molecule has 0 N–H and O–H groups in total. The lowest BCUT2D eigenvalue weighted by Crippen LogP contribution is -2.43. The molecule has 0 radical (unpaired) electrons. The molecule has 1 fully saturated rings. The summed E-state index contributed by atoms with van der Waals surface area (Å²) in [6, 6.07) is 20.3. The van der Waals surface area contributed by atoms with Gasteiger partial charge in [-0.05, 0) is 67.5 Å². The van der Waals surface area contributed by atoms with Crippen LogP contribution in [0, 0.1) is 18.7 Å². The van der Waals surface area contributed by atoms with Crippen LogP contribution >= 0.6 is 11.3 Å². The topological polar surface area (TPSA) is 40.6 Å². The minimum atomic E-state index is -0.296. The molecular formula is C28H31FN2O2S. The number of benzene rings is 2. The van der Waals surface area contributed by atoms with Crippen molar-refractivity contribution in [2.75, 3.05) is 13.1 Å². The number of thiophene rings is 1. The van der Waals surface area contributed by atoms with Gasteiger partial charge in [-0.15, -0.1) is 11.3 Å². The van der Waals surface area contributed by atoms with E-state index < -0.39 is 0 Å². The van der Waals surface area contributed by atoms with Crippen molar-refractivity contribution in [2.45, 2.75) is 45.7 Å². The van der Waals surface area contributed by atoms with E-state index in [0.29, 0.717) is 38.4 Å². The largest absolute Gasteiger partial charge is 0.333 e. The zero-order valence-corrected chi connectivity index (χ0v) is 20.4. The van der Waals surface area contributed by atoms with Gasteiger partial charge < -0.3 is 9.80 Å². The molecule has 1 aromatic heterocycles. The Bertz CT molecular complexity index is 1090. The minimum absolute atomic E-state index is 0.0257. The average Bonchev–Trinajstić information content (AvgIpc) is 3.57. The fourth-order valence-corrected chi connectivity index (χ4v) is 4.89. The van der Waals surface area contributed by atoms with Crippen LogP contribution in [0.2, 0.25) is 0 Å². The van der Waals surface area contributed by atoms with E-state index >= 15 is 0 Å². The summed E-state index contributed by atoms with van der Waals surface area (Å²) < 4.78 is 13.4. The number of carbonyl (C=O) groups is 2. The van der Waals surface area contributed by atoms with Crippen LogP contribution in [0.5, 0.6) is 0 Å². The van der Waals surface area contributed by atoms with E-state index in [9.17, 15) is 14.0 Å². The molecule has 0 unspecified atom stereocenters. The molecule has 0 saturated heterocycles. The van der Waals surface area contributed by atoms with Crippen LogP contribution in [0.4, 0.5) is 4.39 Å². The van der Waals surface area contributed by atoms with E-state index in [1.807, 2.05) is 49.4 Å². The molecular weight excluding hydrogens is 447 g/mol. The maximum Gasteiger partial charge on any atom is 0.242 e. The van der Waals surface area contributed by atoms with Gasteiger partial charge in [0.25, 0.3) is 0 Å². The van der Waals surface area contributed by atoms with E-state index in [1.54, 1.807) is 33.3 Å². The third-order valence-electron chi connectivity index (χ3n) is 6.11. The maximum absolute atomic E-state index is 13.5. The number of hydrogen-bond donors (Lipinski definition) is 0. The van der Waals surface area contributed by atoms with Crippen molar-refractivity contribution in [1.82, 2.24) is 9.80 Å². The molecule has 1 heterocycles. The summed E-state index contributed by atoms with van der Waals surface area (Å²) in [4.78, 5) is 32.4. The standard InChI is InChI=1S/C28H31FN2O2S/c1-21-7-15-26(34-21)19-30(17-24-10-13-25(29)14-11-24)28(33)20-31(18-23-8-9-23)27(32)16-12-22-5-3-2-4-6-22/h2-7,10-11,13-15,23H,8-9,12,16-20H2,1H3. The number of hydrogen-bond acceptors (Lipinski definition) is 3. The highest BCUT2D eigenvalue weighted by Crippen LogP contribution is 2.30. The second-order valence-electron chi connectivity index (χ2n) is 9.09. The molecule has 0 spiro atoms. The number of halogens is 1. The first-order valence-corrected chi connectivity index (χ1v) is 12.7. The molecule has 0 atom stereocenters. The quantitative estimate of drug-likeness (QED) is 0.360. The number of amides is 2. The van der Waals surface area contributed by atoms with Gasteiger partial charge in [0.1, 0.15) is 5.82 Å². The first-order chi connectivity index (χ1) is 16.5. The average molecular weight is 479 g/mol. The Labute approximate surface area is 205 Å². The van der Waals surface area contributed by atoms with Gasteiger partial charge in [-0.3, -0.25) is 9.59 Å². The van der Waals surface area contributed by atoms with Gasteiger partial charge in [-0.2, -0.15) is 0 Å². The molecule has 3 aromatic rings. The van der Waals surface area contributed by atoms with Gasteiger partial charge in [0.05, 0.1) is 13.1 Å². The smallest absolute Gasteiger partial charge is 0.242 e. The van der Waals surface area contributed by atoms with Crippen LogP contribution in [-0.4, -0.2) is 34.7 Å². The van der Waals surface area contributed by atoms with Gasteiger partial charge in [-0.25, -0.2) is 4.39 Å². The van der Waals surface area contributed by atoms with Crippen molar-refractivity contribution in [2.24, 2.45) is 5.92 Å². The van der Waals surface area contributed by atoms with Crippen molar-refractivity contribution in [1.29, 1.82) is 0 Å². The van der Waals surface area contributed by atoms with E-state index in [-0.39, 0.29) is 24.2 Å². The summed E-state index contributed by atoms with van der Waals surface area (Å²) in [6.07, 6.45) is 3.30. The van der Waals surface area contributed by atoms with Crippen LogP contribution in [0.15, 0.2) is 66.7 Å². The summed E-state index contributed by atoms with van der Waals surface area (Å²) in [5.74, 6) is 0.149. The predicted molar refractivity (Wildman–Crippen MR) is 134 cm³/mol. The molecule has 1 saturated carbocycles. The van der Waals surface area contributed by atoms with Crippen LogP contribution in [0.1, 0.15) is 40.1 Å². The fraction of sp³-hybridized carbons (Fsp3) is 0.357. The number of rotatable bonds is 11. The summed E-state index contributed by atoms with van der Waals surface area (Å²) >= 11 is 1.66. The van der Waals surface area contributed by atoms with E-state index in [4.69, 9.17) is 0 Å². The normalized spacial score (nSPS) is 13.0. The molecule has 2 aromatic carbocycles. The Balaban J connectivity index is 1.45. The maximum atomic E-state index is 13.5. The molecule has 178 valence electrons. The molecule has 4 nitrogen and oxygen atoms in total. The van der Waals surface area contributed by atoms with Crippen LogP contribution in [-0.2, 0) is 29.1 Å². The lowest BCUT2D eigenvalue weighted by molar-refractivity contribution is -0.141. The van der Waals surface area contributed by atoms with E-state index in [1.165, 1.54) is 17.0 Å². The first-order valence-electron chi connectivity index (χ1n) is 11.9. The van der Waals surface area contributed by atoms with E-state index in [0.717, 1.165) is 28.8 Å². The fourth-order valence-electron chi connectivity index (χ4n) is 3.98. The zero-order chi connectivity index (χ0) is 23.9. The summed E-state index contributed by atoms with van der Waals surface area (Å²) in [7, 11) is 0. The lowest BCUT2D eigenvalue weighted by Gasteiger charge is -2.28. The van der Waals surface area contributed by atoms with Gasteiger partial charge in [-0.1, -0.05) is 42.5 Å². The highest BCUT2D eigenvalue weighted by molar-refractivity contribution is 7.11. The molecule has 0 aliphatic heterocycles. The van der Waals surface area contributed by atoms with Gasteiger partial charge in [0.2, 0.25) is 11.8 Å². The van der Waals surface area contributed by atoms with E-state index in [2.05, 4.69) is 0 Å². The van der Waals surface area contributed by atoms with Crippen molar-refractivity contribution in [3.05, 3.63) is 93.4 Å². The van der Waals surface area contributed by atoms with Crippen LogP contribution < -0.4 is 0 Å². The number of aryl methyl sites for hydroxylation is 2. The summed E-state index contributed by atoms with van der Waals surface area (Å²) in [5, 5.41) is 0. The Hall–Kier alpha value is -2.99.